The maximum absolute atomic E-state index is 11.5. The fraction of sp³-hybridized carbons (Fsp3) is 0.900. The average Bonchev–Trinajstić information content (AvgIpc) is 2.00. The van der Waals surface area contributed by atoms with Gasteiger partial charge >= 0.3 is 0 Å². The zero-order chi connectivity index (χ0) is 10.0. The quantitative estimate of drug-likeness (QED) is 0.663. The summed E-state index contributed by atoms with van der Waals surface area (Å²) in [5.74, 6) is 0.357. The molecule has 4 heteroatoms. The van der Waals surface area contributed by atoms with Crippen LogP contribution in [0.5, 0.6) is 0 Å². The van der Waals surface area contributed by atoms with E-state index in [1.165, 1.54) is 6.42 Å². The van der Waals surface area contributed by atoms with Gasteiger partial charge in [0, 0.05) is 26.7 Å². The number of amides is 1. The van der Waals surface area contributed by atoms with Crippen LogP contribution >= 0.6 is 0 Å². The Morgan fingerprint density at radius 3 is 2.64 bits per heavy atom. The van der Waals surface area contributed by atoms with Crippen LogP contribution in [0.15, 0.2) is 0 Å². The Morgan fingerprint density at radius 2 is 2.29 bits per heavy atom. The summed E-state index contributed by atoms with van der Waals surface area (Å²) in [6.07, 6.45) is 3.37. The Morgan fingerprint density at radius 1 is 1.57 bits per heavy atom. The molecule has 0 aromatic carbocycles. The van der Waals surface area contributed by atoms with Crippen molar-refractivity contribution in [2.75, 3.05) is 26.7 Å². The fourth-order valence-corrected chi connectivity index (χ4v) is 1.89. The molecule has 1 saturated heterocycles. The van der Waals surface area contributed by atoms with Gasteiger partial charge in [0.25, 0.3) is 0 Å². The monoisotopic (exact) mass is 198 g/mol. The molecule has 0 spiro atoms. The maximum atomic E-state index is 11.5. The van der Waals surface area contributed by atoms with E-state index in [9.17, 15) is 4.79 Å². The van der Waals surface area contributed by atoms with E-state index in [1.54, 1.807) is 7.11 Å². The van der Waals surface area contributed by atoms with Crippen molar-refractivity contribution in [3.8, 4) is 0 Å². The van der Waals surface area contributed by atoms with Crippen LogP contribution in [-0.2, 0) is 9.53 Å². The molecule has 14 heavy (non-hydrogen) atoms. The summed E-state index contributed by atoms with van der Waals surface area (Å²) in [6.45, 7) is 2.33. The molecule has 1 aliphatic carbocycles. The van der Waals surface area contributed by atoms with E-state index in [2.05, 4.69) is 10.6 Å². The van der Waals surface area contributed by atoms with E-state index in [1.807, 2.05) is 0 Å². The van der Waals surface area contributed by atoms with Crippen molar-refractivity contribution >= 4 is 5.91 Å². The first-order valence-corrected chi connectivity index (χ1v) is 5.29. The minimum atomic E-state index is -0.0488. The fourth-order valence-electron chi connectivity index (χ4n) is 1.89. The first kappa shape index (κ1) is 9.93. The molecule has 0 bridgehead atoms. The predicted molar refractivity (Wildman–Crippen MR) is 53.0 cm³/mol. The third-order valence-electron chi connectivity index (χ3n) is 3.43. The molecule has 80 valence electrons. The van der Waals surface area contributed by atoms with Gasteiger partial charge in [-0.25, -0.2) is 0 Å². The molecule has 2 aliphatic rings. The minimum Gasteiger partial charge on any atom is -0.376 e. The van der Waals surface area contributed by atoms with Gasteiger partial charge in [0.2, 0.25) is 5.91 Å². The zero-order valence-electron chi connectivity index (χ0n) is 8.64. The number of hydrogen-bond acceptors (Lipinski definition) is 3. The summed E-state index contributed by atoms with van der Waals surface area (Å²) in [7, 11) is 1.73. The van der Waals surface area contributed by atoms with Crippen molar-refractivity contribution in [2.24, 2.45) is 5.92 Å². The molecular weight excluding hydrogens is 180 g/mol. The molecule has 2 fully saturated rings. The van der Waals surface area contributed by atoms with Gasteiger partial charge < -0.3 is 15.4 Å². The van der Waals surface area contributed by atoms with E-state index in [4.69, 9.17) is 4.74 Å². The van der Waals surface area contributed by atoms with Crippen molar-refractivity contribution < 1.29 is 9.53 Å². The highest BCUT2D eigenvalue weighted by atomic mass is 16.5. The molecule has 2 rings (SSSR count). The number of methoxy groups -OCH3 is 1. The summed E-state index contributed by atoms with van der Waals surface area (Å²) >= 11 is 0. The smallest absolute Gasteiger partial charge is 0.225 e. The number of carbonyl (C=O) groups is 1. The summed E-state index contributed by atoms with van der Waals surface area (Å²) in [5, 5.41) is 6.06. The Kier molecular flexibility index (Phi) is 2.74. The molecular formula is C10H18N2O2. The Labute approximate surface area is 84.4 Å². The minimum absolute atomic E-state index is 0.0488. The molecule has 1 aliphatic heterocycles. The van der Waals surface area contributed by atoms with Crippen LogP contribution in [0.2, 0.25) is 0 Å². The summed E-state index contributed by atoms with van der Waals surface area (Å²) in [5.41, 5.74) is -0.0488. The van der Waals surface area contributed by atoms with Crippen LogP contribution in [-0.4, -0.2) is 38.3 Å². The lowest BCUT2D eigenvalue weighted by molar-refractivity contribution is -0.130. The zero-order valence-corrected chi connectivity index (χ0v) is 8.64. The second-order valence-electron chi connectivity index (χ2n) is 4.31. The lowest BCUT2D eigenvalue weighted by atomic mass is 9.80. The number of ether oxygens (including phenoxy) is 1. The highest BCUT2D eigenvalue weighted by Gasteiger charge is 2.38. The summed E-state index contributed by atoms with van der Waals surface area (Å²) in [4.78, 5) is 11.5. The molecule has 0 radical (unpaired) electrons. The van der Waals surface area contributed by atoms with Crippen LogP contribution in [0.25, 0.3) is 0 Å². The molecule has 0 aromatic heterocycles. The van der Waals surface area contributed by atoms with Crippen LogP contribution in [0.1, 0.15) is 19.3 Å². The van der Waals surface area contributed by atoms with Crippen molar-refractivity contribution in [3.05, 3.63) is 0 Å². The SMILES string of the molecule is COC1(CNC(=O)C2CNC2)CCC1. The molecule has 0 aromatic rings. The largest absolute Gasteiger partial charge is 0.376 e. The van der Waals surface area contributed by atoms with Crippen LogP contribution in [0.4, 0.5) is 0 Å². The van der Waals surface area contributed by atoms with E-state index in [-0.39, 0.29) is 17.4 Å². The molecule has 1 heterocycles. The lowest BCUT2D eigenvalue weighted by Gasteiger charge is -2.41. The van der Waals surface area contributed by atoms with Gasteiger partial charge in [-0.15, -0.1) is 0 Å². The van der Waals surface area contributed by atoms with Crippen LogP contribution in [0.3, 0.4) is 0 Å². The summed E-state index contributed by atoms with van der Waals surface area (Å²) in [6, 6.07) is 0. The van der Waals surface area contributed by atoms with Gasteiger partial charge in [-0.2, -0.15) is 0 Å². The third-order valence-corrected chi connectivity index (χ3v) is 3.43. The molecule has 0 atom stereocenters. The molecule has 4 nitrogen and oxygen atoms in total. The highest BCUT2D eigenvalue weighted by Crippen LogP contribution is 2.34. The second-order valence-corrected chi connectivity index (χ2v) is 4.31. The van der Waals surface area contributed by atoms with Crippen molar-refractivity contribution in [1.82, 2.24) is 10.6 Å². The van der Waals surface area contributed by atoms with E-state index < -0.39 is 0 Å². The Hall–Kier alpha value is -0.610. The first-order chi connectivity index (χ1) is 6.76. The van der Waals surface area contributed by atoms with E-state index >= 15 is 0 Å². The van der Waals surface area contributed by atoms with Gasteiger partial charge in [-0.1, -0.05) is 0 Å². The third kappa shape index (κ3) is 1.77. The van der Waals surface area contributed by atoms with Gasteiger partial charge in [0.1, 0.15) is 0 Å². The van der Waals surface area contributed by atoms with Crippen molar-refractivity contribution in [1.29, 1.82) is 0 Å². The van der Waals surface area contributed by atoms with Gasteiger partial charge in [0.05, 0.1) is 11.5 Å². The topological polar surface area (TPSA) is 50.4 Å². The predicted octanol–water partition coefficient (Wildman–Crippen LogP) is -0.109. The van der Waals surface area contributed by atoms with Crippen LogP contribution < -0.4 is 10.6 Å². The van der Waals surface area contributed by atoms with Gasteiger partial charge in [-0.3, -0.25) is 4.79 Å². The molecule has 0 unspecified atom stereocenters. The first-order valence-electron chi connectivity index (χ1n) is 5.29. The highest BCUT2D eigenvalue weighted by molar-refractivity contribution is 5.80. The van der Waals surface area contributed by atoms with Crippen molar-refractivity contribution in [2.45, 2.75) is 24.9 Å². The number of hydrogen-bond donors (Lipinski definition) is 2. The average molecular weight is 198 g/mol. The molecule has 1 amide bonds. The Bertz CT molecular complexity index is 217. The number of nitrogens with one attached hydrogen (secondary N) is 2. The van der Waals surface area contributed by atoms with E-state index in [0.29, 0.717) is 6.54 Å². The summed E-state index contributed by atoms with van der Waals surface area (Å²) < 4.78 is 5.43. The van der Waals surface area contributed by atoms with E-state index in [0.717, 1.165) is 25.9 Å². The molecule has 2 N–H and O–H groups in total. The van der Waals surface area contributed by atoms with Crippen LogP contribution in [0, 0.1) is 5.92 Å². The number of rotatable bonds is 4. The number of carbonyl (C=O) groups excluding carboxylic acids is 1. The Balaban J connectivity index is 1.72. The standard InChI is InChI=1S/C10H18N2O2/c1-14-10(3-2-4-10)7-12-9(13)8-5-11-6-8/h8,11H,2-7H2,1H3,(H,12,13). The maximum Gasteiger partial charge on any atom is 0.225 e. The van der Waals surface area contributed by atoms with Crippen molar-refractivity contribution in [3.63, 3.8) is 0 Å². The van der Waals surface area contributed by atoms with Gasteiger partial charge in [0.15, 0.2) is 0 Å². The van der Waals surface area contributed by atoms with Gasteiger partial charge in [-0.05, 0) is 19.3 Å². The normalized spacial score (nSPS) is 24.9. The second kappa shape index (κ2) is 3.87. The molecule has 1 saturated carbocycles. The lowest BCUT2D eigenvalue weighted by Crippen LogP contribution is -2.55.